The van der Waals surface area contributed by atoms with Crippen LogP contribution in [0.4, 0.5) is 0 Å². The van der Waals surface area contributed by atoms with Crippen LogP contribution in [0.3, 0.4) is 0 Å². The summed E-state index contributed by atoms with van der Waals surface area (Å²) in [6, 6.07) is 2.98. The molecule has 5 rings (SSSR count). The average Bonchev–Trinajstić information content (AvgIpc) is 3.31. The molecule has 3 heterocycles. The smallest absolute Gasteiger partial charge is 0.340 e. The van der Waals surface area contributed by atoms with E-state index in [1.807, 2.05) is 6.92 Å². The molecule has 18 heteroatoms. The van der Waals surface area contributed by atoms with Gasteiger partial charge in [-0.3, -0.25) is 38.5 Å². The second kappa shape index (κ2) is 14.9. The first-order valence-corrected chi connectivity index (χ1v) is 17.8. The lowest BCUT2D eigenvalue weighted by Crippen LogP contribution is -2.88. The zero-order chi connectivity index (χ0) is 40.8. The molecule has 1 aromatic rings. The van der Waals surface area contributed by atoms with Crippen molar-refractivity contribution in [2.24, 2.45) is 11.3 Å². The van der Waals surface area contributed by atoms with Crippen molar-refractivity contribution in [2.75, 3.05) is 13.2 Å². The summed E-state index contributed by atoms with van der Waals surface area (Å²) in [7, 11) is 0. The van der Waals surface area contributed by atoms with Crippen molar-refractivity contribution in [3.05, 3.63) is 29.6 Å². The molecule has 4 bridgehead atoms. The second-order valence-electron chi connectivity index (χ2n) is 14.7. The number of fused-ring (bicyclic) bond motifs is 5. The summed E-state index contributed by atoms with van der Waals surface area (Å²) in [6.07, 6.45) is -8.72. The number of aliphatic hydroxyl groups is 1. The highest BCUT2D eigenvalue weighted by Crippen LogP contribution is 2.68. The number of hydrogen-bond acceptors (Lipinski definition) is 18. The number of ether oxygens (including phenoxy) is 8. The van der Waals surface area contributed by atoms with Crippen LogP contribution < -0.4 is 0 Å². The molecule has 1 N–H and O–H groups in total. The molecule has 11 atom stereocenters. The molecule has 11 unspecified atom stereocenters. The molecular formula is C37H45NO17. The Morgan fingerprint density at radius 1 is 0.891 bits per heavy atom. The van der Waals surface area contributed by atoms with Gasteiger partial charge in [0.2, 0.25) is 0 Å². The minimum absolute atomic E-state index is 0.0424. The number of hydrogen-bond donors (Lipinski definition) is 1. The highest BCUT2D eigenvalue weighted by Gasteiger charge is 2.91. The number of Topliss-reactive ketones (excluding diaryl/α,β-unsaturated/α-hetero) is 1. The first-order chi connectivity index (χ1) is 25.7. The van der Waals surface area contributed by atoms with Crippen LogP contribution in [0.2, 0.25) is 0 Å². The van der Waals surface area contributed by atoms with Gasteiger partial charge in [0.25, 0.3) is 0 Å². The van der Waals surface area contributed by atoms with Gasteiger partial charge in [-0.2, -0.15) is 0 Å². The van der Waals surface area contributed by atoms with Gasteiger partial charge in [-0.25, -0.2) is 4.79 Å². The molecule has 18 nitrogen and oxygen atoms in total. The number of aromatic nitrogens is 1. The van der Waals surface area contributed by atoms with Gasteiger partial charge >= 0.3 is 41.8 Å². The molecule has 1 aromatic heterocycles. The van der Waals surface area contributed by atoms with Gasteiger partial charge < -0.3 is 43.0 Å². The number of rotatable bonds is 7. The summed E-state index contributed by atoms with van der Waals surface area (Å²) in [5.41, 5.74) is -9.95. The van der Waals surface area contributed by atoms with Gasteiger partial charge in [0.1, 0.15) is 35.9 Å². The first kappa shape index (κ1) is 41.2. The Balaban J connectivity index is 1.93. The highest BCUT2D eigenvalue weighted by molar-refractivity contribution is 5.94. The fourth-order valence-corrected chi connectivity index (χ4v) is 9.01. The van der Waals surface area contributed by atoms with Crippen LogP contribution in [0.5, 0.6) is 0 Å². The number of esters is 7. The lowest BCUT2D eigenvalue weighted by molar-refractivity contribution is -0.376. The minimum atomic E-state index is -2.80. The van der Waals surface area contributed by atoms with Crippen LogP contribution >= 0.6 is 0 Å². The molecule has 0 amide bonds. The maximum atomic E-state index is 15.1. The van der Waals surface area contributed by atoms with Gasteiger partial charge in [-0.05, 0) is 38.8 Å². The molecule has 1 spiro atoms. The van der Waals surface area contributed by atoms with E-state index in [0.717, 1.165) is 41.5 Å². The number of carbonyl (C=O) groups is 8. The molecule has 0 radical (unpaired) electrons. The highest BCUT2D eigenvalue weighted by atomic mass is 16.7. The Morgan fingerprint density at radius 2 is 1.51 bits per heavy atom. The Hall–Kier alpha value is -4.97. The van der Waals surface area contributed by atoms with Crippen molar-refractivity contribution in [2.45, 2.75) is 128 Å². The van der Waals surface area contributed by atoms with Gasteiger partial charge in [-0.15, -0.1) is 0 Å². The SMILES string of the molecule is CCC1CCC(=O)OC2C(OC(C)=O)C(OC(C)=O)C3(COC(C)=O)C(OC(C)=O)C(=O)C4C(OC(C)=O)C3(OC4(C)COC(=O)c3cccnc31)C2(C)O. The zero-order valence-electron chi connectivity index (χ0n) is 31.7. The third kappa shape index (κ3) is 6.72. The molecule has 1 saturated heterocycles. The molecule has 3 fully saturated rings. The number of nitrogens with zero attached hydrogens (tertiary/aromatic N) is 1. The van der Waals surface area contributed by atoms with E-state index in [9.17, 15) is 38.7 Å². The van der Waals surface area contributed by atoms with Crippen LogP contribution in [0.15, 0.2) is 18.3 Å². The lowest BCUT2D eigenvalue weighted by atomic mass is 9.45. The van der Waals surface area contributed by atoms with Crippen molar-refractivity contribution >= 4 is 47.6 Å². The maximum absolute atomic E-state index is 15.1. The Labute approximate surface area is 315 Å². The monoisotopic (exact) mass is 775 g/mol. The number of pyridine rings is 1. The molecule has 2 saturated carbocycles. The fourth-order valence-electron chi connectivity index (χ4n) is 9.01. The van der Waals surface area contributed by atoms with Crippen molar-refractivity contribution in [3.63, 3.8) is 0 Å². The molecule has 2 aliphatic heterocycles. The quantitative estimate of drug-likeness (QED) is 0.302. The Morgan fingerprint density at radius 3 is 2.09 bits per heavy atom. The third-order valence-corrected chi connectivity index (χ3v) is 11.0. The van der Waals surface area contributed by atoms with E-state index in [0.29, 0.717) is 12.1 Å². The molecule has 55 heavy (non-hydrogen) atoms. The van der Waals surface area contributed by atoms with E-state index in [4.69, 9.17) is 37.9 Å². The standard InChI is InChI=1S/C37H45NO17/c1-9-22-12-13-24(44)54-31-28(50-18(3)40)32(53-21(6)43)36(16-48-17(2)39)30(52-20(5)42)27(45)25-29(51-19(4)41)37(36,35(31,8)47)55-34(25,7)15-49-33(46)23-11-10-14-38-26(22)23/h10-11,14,22,25,28-32,47H,9,12-13,15-16H2,1-8H3. The van der Waals surface area contributed by atoms with Crippen LogP contribution in [-0.2, 0) is 71.5 Å². The van der Waals surface area contributed by atoms with E-state index >= 15 is 4.79 Å². The predicted octanol–water partition coefficient (Wildman–Crippen LogP) is 1.21. The van der Waals surface area contributed by atoms with Crippen LogP contribution in [0.1, 0.15) is 96.6 Å². The van der Waals surface area contributed by atoms with Crippen LogP contribution in [0, 0.1) is 11.3 Å². The topological polar surface area (TPSA) is 244 Å². The first-order valence-electron chi connectivity index (χ1n) is 17.8. The van der Waals surface area contributed by atoms with E-state index in [1.165, 1.54) is 25.3 Å². The van der Waals surface area contributed by atoms with Crippen molar-refractivity contribution < 1.29 is 81.4 Å². The molecule has 300 valence electrons. The largest absolute Gasteiger partial charge is 0.465 e. The summed E-state index contributed by atoms with van der Waals surface area (Å²) in [5.74, 6) is -10.3. The number of cyclic esters (lactones) is 1. The molecule has 2 aliphatic carbocycles. The third-order valence-electron chi connectivity index (χ3n) is 11.0. The van der Waals surface area contributed by atoms with Crippen molar-refractivity contribution in [1.82, 2.24) is 4.98 Å². The van der Waals surface area contributed by atoms with Gasteiger partial charge in [0.05, 0.1) is 17.2 Å². The number of ketones is 1. The van der Waals surface area contributed by atoms with Gasteiger partial charge in [0, 0.05) is 53.2 Å². The van der Waals surface area contributed by atoms with Crippen molar-refractivity contribution in [3.8, 4) is 0 Å². The second-order valence-corrected chi connectivity index (χ2v) is 14.7. The summed E-state index contributed by atoms with van der Waals surface area (Å²) in [6.45, 7) is 7.22. The normalized spacial score (nSPS) is 36.8. The fraction of sp³-hybridized carbons (Fsp3) is 0.649. The summed E-state index contributed by atoms with van der Waals surface area (Å²) in [5, 5.41) is 13.2. The van der Waals surface area contributed by atoms with E-state index in [1.54, 1.807) is 0 Å². The summed E-state index contributed by atoms with van der Waals surface area (Å²) < 4.78 is 47.3. The predicted molar refractivity (Wildman–Crippen MR) is 179 cm³/mol. The molecule has 0 aromatic carbocycles. The van der Waals surface area contributed by atoms with E-state index < -0.39 is 125 Å². The van der Waals surface area contributed by atoms with Gasteiger partial charge in [-0.1, -0.05) is 6.92 Å². The Kier molecular flexibility index (Phi) is 11.2. The van der Waals surface area contributed by atoms with Crippen molar-refractivity contribution in [1.29, 1.82) is 0 Å². The minimum Gasteiger partial charge on any atom is -0.465 e. The van der Waals surface area contributed by atoms with Crippen LogP contribution in [0.25, 0.3) is 0 Å². The lowest BCUT2D eigenvalue weighted by Gasteiger charge is -2.66. The number of carbonyl (C=O) groups excluding carboxylic acids is 8. The van der Waals surface area contributed by atoms with Crippen LogP contribution in [-0.4, -0.2) is 118 Å². The van der Waals surface area contributed by atoms with E-state index in [2.05, 4.69) is 4.98 Å². The summed E-state index contributed by atoms with van der Waals surface area (Å²) >= 11 is 0. The van der Waals surface area contributed by atoms with Gasteiger partial charge in [0.15, 0.2) is 35.8 Å². The average molecular weight is 776 g/mol. The molecular weight excluding hydrogens is 730 g/mol. The summed E-state index contributed by atoms with van der Waals surface area (Å²) in [4.78, 5) is 112. The zero-order valence-corrected chi connectivity index (χ0v) is 31.7. The Bertz CT molecular complexity index is 1790. The van der Waals surface area contributed by atoms with E-state index in [-0.39, 0.29) is 18.4 Å². The maximum Gasteiger partial charge on any atom is 0.340 e. The molecule has 4 aliphatic rings.